The van der Waals surface area contributed by atoms with Crippen molar-refractivity contribution >= 4 is 0 Å². The summed E-state index contributed by atoms with van der Waals surface area (Å²) in [5.74, 6) is 5.63. The second-order valence-electron chi connectivity index (χ2n) is 2.30. The fourth-order valence-electron chi connectivity index (χ4n) is 0.730. The van der Waals surface area contributed by atoms with E-state index in [1.54, 1.807) is 13.1 Å². The molecule has 0 aliphatic heterocycles. The minimum Gasteiger partial charge on any atom is -0.257 e. The van der Waals surface area contributed by atoms with Crippen molar-refractivity contribution < 1.29 is 0 Å². The van der Waals surface area contributed by atoms with Crippen LogP contribution >= 0.6 is 0 Å². The van der Waals surface area contributed by atoms with Gasteiger partial charge in [-0.1, -0.05) is 47.5 Å². The molecule has 0 atom stereocenters. The quantitative estimate of drug-likeness (QED) is 0.618. The van der Waals surface area contributed by atoms with Crippen molar-refractivity contribution in [3.8, 4) is 11.8 Å². The Labute approximate surface area is 108 Å². The maximum atomic E-state index is 4.23. The van der Waals surface area contributed by atoms with E-state index in [1.807, 2.05) is 55.4 Å². The van der Waals surface area contributed by atoms with E-state index >= 15 is 0 Å². The summed E-state index contributed by atoms with van der Waals surface area (Å²) in [6.07, 6.45) is 1.69. The number of hydrogen-bond donors (Lipinski definition) is 0. The van der Waals surface area contributed by atoms with Crippen molar-refractivity contribution in [2.75, 3.05) is 0 Å². The minimum absolute atomic E-state index is 0.746. The first-order valence-electron chi connectivity index (χ1n) is 6.47. The molecular formula is C15H28N2. The van der Waals surface area contributed by atoms with Gasteiger partial charge >= 0.3 is 0 Å². The van der Waals surface area contributed by atoms with Crippen LogP contribution in [0.3, 0.4) is 0 Å². The summed E-state index contributed by atoms with van der Waals surface area (Å²) in [6.45, 7) is 17.7. The molecule has 1 aromatic rings. The molecule has 0 aromatic carbocycles. The molecule has 0 unspecified atom stereocenters. The highest BCUT2D eigenvalue weighted by Crippen LogP contribution is 1.98. The third kappa shape index (κ3) is 10.9. The Hall–Kier alpha value is -1.36. The van der Waals surface area contributed by atoms with Crippen molar-refractivity contribution in [3.05, 3.63) is 23.3 Å². The molecule has 0 spiro atoms. The molecule has 0 saturated heterocycles. The highest BCUT2D eigenvalue weighted by atomic mass is 14.8. The Balaban J connectivity index is -0.000000285. The van der Waals surface area contributed by atoms with Crippen LogP contribution in [-0.2, 0) is 0 Å². The number of rotatable bonds is 0. The zero-order valence-electron chi connectivity index (χ0n) is 13.0. The number of nitrogens with zero attached hydrogens (tertiary/aromatic N) is 2. The molecular weight excluding hydrogens is 208 g/mol. The molecule has 0 saturated carbocycles. The van der Waals surface area contributed by atoms with Crippen molar-refractivity contribution in [2.45, 2.75) is 62.3 Å². The van der Waals surface area contributed by atoms with Gasteiger partial charge in [-0.3, -0.25) is 4.98 Å². The van der Waals surface area contributed by atoms with E-state index in [0.29, 0.717) is 0 Å². The smallest absolute Gasteiger partial charge is 0.131 e. The molecule has 0 aliphatic carbocycles. The highest BCUT2D eigenvalue weighted by Gasteiger charge is 1.94. The Morgan fingerprint density at radius 1 is 0.882 bits per heavy atom. The average Bonchev–Trinajstić information content (AvgIpc) is 2.41. The van der Waals surface area contributed by atoms with Gasteiger partial charge in [-0.05, 0) is 26.7 Å². The first-order valence-corrected chi connectivity index (χ1v) is 6.47. The lowest BCUT2D eigenvalue weighted by Gasteiger charge is -1.96. The van der Waals surface area contributed by atoms with Gasteiger partial charge in [0, 0.05) is 0 Å². The summed E-state index contributed by atoms with van der Waals surface area (Å²) in [7, 11) is 0. The standard InChI is InChI=1S/C9H10N2.3C2H6/c1-4-5-9-6-10-7(2)8(3)11-9;3*1-2/h6H,1-3H3;3*1-2H3. The monoisotopic (exact) mass is 236 g/mol. The van der Waals surface area contributed by atoms with E-state index in [1.165, 1.54) is 0 Å². The van der Waals surface area contributed by atoms with E-state index in [-0.39, 0.29) is 0 Å². The summed E-state index contributed by atoms with van der Waals surface area (Å²) in [5.41, 5.74) is 2.66. The molecule has 2 heteroatoms. The van der Waals surface area contributed by atoms with Crippen molar-refractivity contribution in [3.63, 3.8) is 0 Å². The molecule has 1 heterocycles. The molecule has 2 nitrogen and oxygen atoms in total. The van der Waals surface area contributed by atoms with E-state index in [9.17, 15) is 0 Å². The van der Waals surface area contributed by atoms with Gasteiger partial charge in [0.05, 0.1) is 17.6 Å². The Morgan fingerprint density at radius 2 is 1.35 bits per heavy atom. The summed E-state index contributed by atoms with van der Waals surface area (Å²) >= 11 is 0. The lowest BCUT2D eigenvalue weighted by Crippen LogP contribution is -1.93. The molecule has 0 N–H and O–H groups in total. The number of aromatic nitrogens is 2. The van der Waals surface area contributed by atoms with Crippen molar-refractivity contribution in [1.29, 1.82) is 0 Å². The van der Waals surface area contributed by atoms with Gasteiger partial charge in [0.15, 0.2) is 0 Å². The van der Waals surface area contributed by atoms with Crippen LogP contribution in [0, 0.1) is 25.7 Å². The molecule has 1 rings (SSSR count). The van der Waals surface area contributed by atoms with Gasteiger partial charge in [-0.15, -0.1) is 0 Å². The normalized spacial score (nSPS) is 6.65. The van der Waals surface area contributed by atoms with E-state index < -0.39 is 0 Å². The molecule has 0 bridgehead atoms. The van der Waals surface area contributed by atoms with Gasteiger partial charge in [-0.25, -0.2) is 4.98 Å². The first kappa shape index (κ1) is 21.0. The van der Waals surface area contributed by atoms with Gasteiger partial charge in [-0.2, -0.15) is 0 Å². The lowest BCUT2D eigenvalue weighted by atomic mass is 10.3. The first-order chi connectivity index (χ1) is 8.24. The van der Waals surface area contributed by atoms with Crippen LogP contribution in [-0.4, -0.2) is 9.97 Å². The molecule has 1 aromatic heterocycles. The maximum absolute atomic E-state index is 4.23. The van der Waals surface area contributed by atoms with Crippen LogP contribution in [0.1, 0.15) is 65.5 Å². The molecule has 17 heavy (non-hydrogen) atoms. The molecule has 0 aliphatic rings. The molecule has 98 valence electrons. The third-order valence-corrected chi connectivity index (χ3v) is 1.45. The van der Waals surface area contributed by atoms with Crippen LogP contribution in [0.25, 0.3) is 0 Å². The Morgan fingerprint density at radius 3 is 1.71 bits per heavy atom. The second-order valence-corrected chi connectivity index (χ2v) is 2.30. The van der Waals surface area contributed by atoms with Crippen molar-refractivity contribution in [2.24, 2.45) is 0 Å². The van der Waals surface area contributed by atoms with Gasteiger partial charge in [0.2, 0.25) is 0 Å². The zero-order valence-corrected chi connectivity index (χ0v) is 13.0. The summed E-state index contributed by atoms with van der Waals surface area (Å²) < 4.78 is 0. The van der Waals surface area contributed by atoms with E-state index in [0.717, 1.165) is 17.1 Å². The minimum atomic E-state index is 0.746. The predicted molar refractivity (Wildman–Crippen MR) is 78.1 cm³/mol. The van der Waals surface area contributed by atoms with Gasteiger partial charge in [0.25, 0.3) is 0 Å². The third-order valence-electron chi connectivity index (χ3n) is 1.45. The van der Waals surface area contributed by atoms with E-state index in [2.05, 4.69) is 21.8 Å². The fraction of sp³-hybridized carbons (Fsp3) is 0.600. The predicted octanol–water partition coefficient (Wildman–Crippen LogP) is 4.54. The zero-order chi connectivity index (χ0) is 14.3. The van der Waals surface area contributed by atoms with Gasteiger partial charge < -0.3 is 0 Å². The fourth-order valence-corrected chi connectivity index (χ4v) is 0.730. The van der Waals surface area contributed by atoms with Gasteiger partial charge in [0.1, 0.15) is 5.69 Å². The number of hydrogen-bond acceptors (Lipinski definition) is 2. The summed E-state index contributed by atoms with van der Waals surface area (Å²) in [6, 6.07) is 0. The molecule has 0 amide bonds. The van der Waals surface area contributed by atoms with Crippen LogP contribution in [0.4, 0.5) is 0 Å². The average molecular weight is 236 g/mol. The number of aryl methyl sites for hydroxylation is 2. The van der Waals surface area contributed by atoms with Crippen LogP contribution in [0.5, 0.6) is 0 Å². The highest BCUT2D eigenvalue weighted by molar-refractivity contribution is 5.26. The summed E-state index contributed by atoms with van der Waals surface area (Å²) in [5, 5.41) is 0. The van der Waals surface area contributed by atoms with E-state index in [4.69, 9.17) is 0 Å². The van der Waals surface area contributed by atoms with Crippen LogP contribution in [0.15, 0.2) is 6.20 Å². The van der Waals surface area contributed by atoms with Crippen molar-refractivity contribution in [1.82, 2.24) is 9.97 Å². The molecule has 0 radical (unpaired) electrons. The van der Waals surface area contributed by atoms with Crippen LogP contribution in [0.2, 0.25) is 0 Å². The maximum Gasteiger partial charge on any atom is 0.131 e. The largest absolute Gasteiger partial charge is 0.257 e. The molecule has 0 fully saturated rings. The topological polar surface area (TPSA) is 25.8 Å². The van der Waals surface area contributed by atoms with Crippen LogP contribution < -0.4 is 0 Å². The SMILES string of the molecule is CC.CC.CC.CC#Cc1cnc(C)c(C)n1. The Bertz CT molecular complexity index is 319. The second kappa shape index (κ2) is 17.0. The summed E-state index contributed by atoms with van der Waals surface area (Å²) in [4.78, 5) is 8.36. The lowest BCUT2D eigenvalue weighted by molar-refractivity contribution is 1.03. The Kier molecular flexibility index (Phi) is 21.0.